The quantitative estimate of drug-likeness (QED) is 0.113. The van der Waals surface area contributed by atoms with Gasteiger partial charge < -0.3 is 25.4 Å². The van der Waals surface area contributed by atoms with Crippen LogP contribution in [0.4, 0.5) is 5.69 Å². The molecule has 7 heteroatoms. The normalized spacial score (nSPS) is 23.5. The number of carboxylic acid groups (broad SMARTS) is 1. The number of amidine groups is 1. The number of nitrogens with one attached hydrogen (secondary N) is 2. The number of rotatable bonds is 14. The van der Waals surface area contributed by atoms with Crippen molar-refractivity contribution in [3.63, 3.8) is 0 Å². The van der Waals surface area contributed by atoms with Crippen LogP contribution in [0, 0.1) is 16.7 Å². The fraction of sp³-hybridized carbons (Fsp3) is 0.459. The summed E-state index contributed by atoms with van der Waals surface area (Å²) in [4.78, 5) is 18.3. The van der Waals surface area contributed by atoms with E-state index in [-0.39, 0.29) is 5.92 Å². The van der Waals surface area contributed by atoms with Gasteiger partial charge in [-0.2, -0.15) is 0 Å². The Morgan fingerprint density at radius 1 is 1.20 bits per heavy atom. The van der Waals surface area contributed by atoms with Crippen molar-refractivity contribution in [2.24, 2.45) is 21.7 Å². The SMILES string of the molecule is C=CN=C(C)N(C)/C(=C\C(=C)C(=C)NCc1ccc2c(c1)NC(=C)CO2)C(=C)C(C)CCCC12CCC(C(=O)O)(CC1)CC2. The molecule has 0 amide bonds. The van der Waals surface area contributed by atoms with Gasteiger partial charge in [0.1, 0.15) is 18.2 Å². The molecular formula is C37H50N4O3. The van der Waals surface area contributed by atoms with Crippen LogP contribution >= 0.6 is 0 Å². The molecule has 3 N–H and O–H groups in total. The van der Waals surface area contributed by atoms with Gasteiger partial charge in [0, 0.05) is 36.9 Å². The molecule has 44 heavy (non-hydrogen) atoms. The van der Waals surface area contributed by atoms with Crippen LogP contribution in [0.25, 0.3) is 0 Å². The summed E-state index contributed by atoms with van der Waals surface area (Å²) in [5.41, 5.74) is 6.16. The predicted octanol–water partition coefficient (Wildman–Crippen LogP) is 8.33. The predicted molar refractivity (Wildman–Crippen MR) is 181 cm³/mol. The first kappa shape index (κ1) is 32.9. The van der Waals surface area contributed by atoms with Gasteiger partial charge in [0.05, 0.1) is 11.1 Å². The van der Waals surface area contributed by atoms with E-state index in [0.29, 0.717) is 18.6 Å². The van der Waals surface area contributed by atoms with Crippen LogP contribution in [0.1, 0.15) is 77.2 Å². The molecule has 1 atom stereocenters. The number of carbonyl (C=O) groups is 1. The lowest BCUT2D eigenvalue weighted by atomic mass is 9.52. The Balaban J connectivity index is 1.38. The first-order valence-corrected chi connectivity index (χ1v) is 15.7. The Bertz CT molecular complexity index is 1380. The molecule has 3 saturated carbocycles. The highest BCUT2D eigenvalue weighted by atomic mass is 16.5. The molecule has 4 aliphatic rings. The number of fused-ring (bicyclic) bond motifs is 4. The second kappa shape index (κ2) is 13.7. The zero-order chi connectivity index (χ0) is 32.1. The second-order valence-corrected chi connectivity index (χ2v) is 13.1. The minimum Gasteiger partial charge on any atom is -0.485 e. The molecule has 236 valence electrons. The largest absolute Gasteiger partial charge is 0.485 e. The Morgan fingerprint density at radius 3 is 2.52 bits per heavy atom. The summed E-state index contributed by atoms with van der Waals surface area (Å²) in [5.74, 6) is 1.28. The second-order valence-electron chi connectivity index (χ2n) is 13.1. The maximum atomic E-state index is 11.8. The average molecular weight is 599 g/mol. The van der Waals surface area contributed by atoms with Gasteiger partial charge in [-0.3, -0.25) is 4.79 Å². The van der Waals surface area contributed by atoms with E-state index in [9.17, 15) is 9.90 Å². The Kier molecular flexibility index (Phi) is 10.3. The third kappa shape index (κ3) is 7.37. The van der Waals surface area contributed by atoms with Crippen molar-refractivity contribution in [3.8, 4) is 5.75 Å². The molecular weight excluding hydrogens is 548 g/mol. The summed E-state index contributed by atoms with van der Waals surface area (Å²) < 4.78 is 5.71. The fourth-order valence-corrected chi connectivity index (χ4v) is 6.84. The fourth-order valence-electron chi connectivity index (χ4n) is 6.84. The summed E-state index contributed by atoms with van der Waals surface area (Å²) in [6, 6.07) is 6.06. The Labute approximate surface area is 263 Å². The maximum absolute atomic E-state index is 11.8. The Morgan fingerprint density at radius 2 is 1.89 bits per heavy atom. The van der Waals surface area contributed by atoms with Gasteiger partial charge in [-0.15, -0.1) is 0 Å². The zero-order valence-electron chi connectivity index (χ0n) is 26.9. The number of hydrogen-bond acceptors (Lipinski definition) is 5. The molecule has 3 aliphatic carbocycles. The number of aliphatic imine (C=N–C) groups is 1. The number of allylic oxidation sites excluding steroid dienone is 2. The summed E-state index contributed by atoms with van der Waals surface area (Å²) in [6.07, 6.45) is 12.5. The van der Waals surface area contributed by atoms with Crippen LogP contribution in [0.3, 0.4) is 0 Å². The topological polar surface area (TPSA) is 86.2 Å². The standard InChI is InChI=1S/C37H50N4O3/c1-9-38-30(7)41(8)33(21-26(3)29(6)39-23-31-12-13-34-32(22-31)40-27(4)24-44-34)28(5)25(2)11-10-14-36-15-18-37(19-16-36,20-17-36)35(42)43/h9,12-13,21-22,25,39-40H,1,3-6,10-11,14-20,23-24H2,2,7-8H3,(H,42,43)/b33-21-,38-30?. The highest BCUT2D eigenvalue weighted by molar-refractivity contribution is 5.82. The number of aliphatic carboxylic acids is 1. The van der Waals surface area contributed by atoms with Gasteiger partial charge >= 0.3 is 5.97 Å². The molecule has 2 bridgehead atoms. The lowest BCUT2D eigenvalue weighted by molar-refractivity contribution is -0.159. The smallest absolute Gasteiger partial charge is 0.309 e. The van der Waals surface area contributed by atoms with E-state index in [0.717, 1.165) is 109 Å². The number of benzene rings is 1. The zero-order valence-corrected chi connectivity index (χ0v) is 26.9. The number of hydrogen-bond donors (Lipinski definition) is 3. The van der Waals surface area contributed by atoms with Crippen molar-refractivity contribution in [1.29, 1.82) is 0 Å². The number of nitrogens with zero attached hydrogens (tertiary/aromatic N) is 2. The third-order valence-corrected chi connectivity index (χ3v) is 10.2. The van der Waals surface area contributed by atoms with E-state index >= 15 is 0 Å². The van der Waals surface area contributed by atoms with E-state index in [1.807, 2.05) is 37.1 Å². The van der Waals surface area contributed by atoms with Crippen LogP contribution in [-0.4, -0.2) is 35.5 Å². The highest BCUT2D eigenvalue weighted by Gasteiger charge is 2.52. The molecule has 0 aromatic heterocycles. The molecule has 0 spiro atoms. The molecule has 0 saturated heterocycles. The summed E-state index contributed by atoms with van der Waals surface area (Å²) in [5, 5.41) is 16.4. The van der Waals surface area contributed by atoms with Crippen LogP contribution in [0.5, 0.6) is 5.75 Å². The lowest BCUT2D eigenvalue weighted by Crippen LogP contribution is -2.45. The lowest BCUT2D eigenvalue weighted by Gasteiger charge is -2.51. The number of ether oxygens (including phenoxy) is 1. The minimum atomic E-state index is -0.591. The first-order valence-electron chi connectivity index (χ1n) is 15.7. The number of likely N-dealkylation sites (N-methyl/N-ethyl adjacent to an activating group) is 1. The van der Waals surface area contributed by atoms with Gasteiger partial charge in [0.25, 0.3) is 0 Å². The minimum absolute atomic E-state index is 0.246. The molecule has 1 unspecified atom stereocenters. The molecule has 5 rings (SSSR count). The van der Waals surface area contributed by atoms with Gasteiger partial charge in [0.15, 0.2) is 0 Å². The Hall–Kier alpha value is -4.00. The van der Waals surface area contributed by atoms with Crippen molar-refractivity contribution in [1.82, 2.24) is 10.2 Å². The summed E-state index contributed by atoms with van der Waals surface area (Å²) >= 11 is 0. The first-order chi connectivity index (χ1) is 20.9. The van der Waals surface area contributed by atoms with Crippen LogP contribution in [0.15, 0.2) is 96.6 Å². The van der Waals surface area contributed by atoms with Crippen molar-refractivity contribution in [2.75, 3.05) is 19.0 Å². The molecule has 1 heterocycles. The molecule has 0 radical (unpaired) electrons. The van der Waals surface area contributed by atoms with E-state index in [4.69, 9.17) is 4.74 Å². The van der Waals surface area contributed by atoms with Gasteiger partial charge in [-0.05, 0) is 105 Å². The van der Waals surface area contributed by atoms with E-state index in [1.165, 1.54) is 0 Å². The third-order valence-electron chi connectivity index (χ3n) is 10.2. The van der Waals surface area contributed by atoms with Gasteiger partial charge in [-0.1, -0.05) is 52.3 Å². The van der Waals surface area contributed by atoms with Crippen LogP contribution < -0.4 is 15.4 Å². The van der Waals surface area contributed by atoms with Crippen molar-refractivity contribution >= 4 is 17.5 Å². The molecule has 1 aromatic rings. The molecule has 1 aliphatic heterocycles. The number of anilines is 1. The molecule has 7 nitrogen and oxygen atoms in total. The van der Waals surface area contributed by atoms with Crippen molar-refractivity contribution < 1.29 is 14.6 Å². The van der Waals surface area contributed by atoms with Gasteiger partial charge in [-0.25, -0.2) is 4.99 Å². The van der Waals surface area contributed by atoms with Crippen molar-refractivity contribution in [2.45, 2.75) is 78.2 Å². The highest BCUT2D eigenvalue weighted by Crippen LogP contribution is 2.59. The number of carboxylic acids is 1. The molecule has 1 aromatic carbocycles. The van der Waals surface area contributed by atoms with Crippen LogP contribution in [0.2, 0.25) is 0 Å². The summed E-state index contributed by atoms with van der Waals surface area (Å²) in [6.45, 7) is 26.1. The average Bonchev–Trinajstić information content (AvgIpc) is 3.02. The monoisotopic (exact) mass is 598 g/mol. The summed E-state index contributed by atoms with van der Waals surface area (Å²) in [7, 11) is 1.99. The van der Waals surface area contributed by atoms with Gasteiger partial charge in [0.2, 0.25) is 0 Å². The van der Waals surface area contributed by atoms with E-state index in [2.05, 4.69) is 61.5 Å². The van der Waals surface area contributed by atoms with Crippen molar-refractivity contribution in [3.05, 3.63) is 97.2 Å². The van der Waals surface area contributed by atoms with E-state index in [1.54, 1.807) is 6.20 Å². The van der Waals surface area contributed by atoms with Crippen LogP contribution in [-0.2, 0) is 11.3 Å². The van der Waals surface area contributed by atoms with E-state index < -0.39 is 11.4 Å². The molecule has 3 fully saturated rings. The maximum Gasteiger partial charge on any atom is 0.309 e.